The maximum atomic E-state index is 12.0. The van der Waals surface area contributed by atoms with E-state index in [4.69, 9.17) is 15.0 Å². The number of nitrogens with zero attached hydrogens (tertiary/aromatic N) is 1. The average molecular weight is 338 g/mol. The molecule has 1 aliphatic rings. The molecule has 1 aliphatic heterocycles. The predicted octanol–water partition coefficient (Wildman–Crippen LogP) is 1.89. The molecule has 2 atom stereocenters. The highest BCUT2D eigenvalue weighted by Gasteiger charge is 2.29. The first-order valence-electron chi connectivity index (χ1n) is 7.40. The van der Waals surface area contributed by atoms with Crippen molar-refractivity contribution in [2.45, 2.75) is 31.6 Å². The van der Waals surface area contributed by atoms with Gasteiger partial charge < -0.3 is 20.3 Å². The standard InChI is InChI=1S/C16H19N3O3.ClH/c17-9-12-6-7-15(21-12)16(20)18-10-13-8-14(19-22-13)11-4-2-1-3-5-11;/h1-5,8,12,15H,6-7,9-10,17H2,(H,18,20);1H/t12-,15+;/m1./s1. The van der Waals surface area contributed by atoms with Gasteiger partial charge in [-0.05, 0) is 12.8 Å². The third kappa shape index (κ3) is 4.31. The molecule has 1 aromatic carbocycles. The SMILES string of the molecule is Cl.NC[C@H]1CC[C@@H](C(=O)NCc2cc(-c3ccccc3)no2)O1. The molecule has 1 amide bonds. The first kappa shape index (κ1) is 17.5. The van der Waals surface area contributed by atoms with Crippen LogP contribution in [0, 0.1) is 0 Å². The largest absolute Gasteiger partial charge is 0.364 e. The molecule has 3 N–H and O–H groups in total. The molecule has 1 saturated heterocycles. The maximum Gasteiger partial charge on any atom is 0.249 e. The summed E-state index contributed by atoms with van der Waals surface area (Å²) in [4.78, 5) is 12.0. The van der Waals surface area contributed by atoms with Crippen molar-refractivity contribution < 1.29 is 14.1 Å². The molecular weight excluding hydrogens is 318 g/mol. The topological polar surface area (TPSA) is 90.4 Å². The molecule has 0 unspecified atom stereocenters. The van der Waals surface area contributed by atoms with Gasteiger partial charge in [0.25, 0.3) is 0 Å². The number of amides is 1. The van der Waals surface area contributed by atoms with E-state index in [1.54, 1.807) is 0 Å². The summed E-state index contributed by atoms with van der Waals surface area (Å²) < 4.78 is 10.8. The van der Waals surface area contributed by atoms with E-state index < -0.39 is 6.10 Å². The van der Waals surface area contributed by atoms with Crippen molar-refractivity contribution >= 4 is 18.3 Å². The fraction of sp³-hybridized carbons (Fsp3) is 0.375. The summed E-state index contributed by atoms with van der Waals surface area (Å²) in [5.74, 6) is 0.481. The van der Waals surface area contributed by atoms with Crippen LogP contribution >= 0.6 is 12.4 Å². The monoisotopic (exact) mass is 337 g/mol. The number of ether oxygens (including phenoxy) is 1. The zero-order chi connectivity index (χ0) is 15.4. The van der Waals surface area contributed by atoms with Crippen LogP contribution < -0.4 is 11.1 Å². The summed E-state index contributed by atoms with van der Waals surface area (Å²) in [6, 6.07) is 11.6. The van der Waals surface area contributed by atoms with Gasteiger partial charge >= 0.3 is 0 Å². The second-order valence-corrected chi connectivity index (χ2v) is 5.32. The van der Waals surface area contributed by atoms with Crippen LogP contribution in [0.2, 0.25) is 0 Å². The Labute approximate surface area is 140 Å². The molecule has 7 heteroatoms. The Morgan fingerprint density at radius 1 is 1.30 bits per heavy atom. The summed E-state index contributed by atoms with van der Waals surface area (Å²) in [5, 5.41) is 6.82. The zero-order valence-corrected chi connectivity index (χ0v) is 13.4. The van der Waals surface area contributed by atoms with Crippen LogP contribution in [0.15, 0.2) is 40.9 Å². The molecule has 2 heterocycles. The van der Waals surface area contributed by atoms with Crippen molar-refractivity contribution in [3.63, 3.8) is 0 Å². The van der Waals surface area contributed by atoms with Gasteiger partial charge in [-0.3, -0.25) is 4.79 Å². The van der Waals surface area contributed by atoms with E-state index in [1.807, 2.05) is 36.4 Å². The van der Waals surface area contributed by atoms with Gasteiger partial charge in [0.2, 0.25) is 5.91 Å². The molecule has 1 fully saturated rings. The molecule has 3 rings (SSSR count). The van der Waals surface area contributed by atoms with Crippen molar-refractivity contribution in [2.24, 2.45) is 5.73 Å². The highest BCUT2D eigenvalue weighted by atomic mass is 35.5. The lowest BCUT2D eigenvalue weighted by molar-refractivity contribution is -0.132. The maximum absolute atomic E-state index is 12.0. The molecule has 0 aliphatic carbocycles. The highest BCUT2D eigenvalue weighted by molar-refractivity contribution is 5.85. The summed E-state index contributed by atoms with van der Waals surface area (Å²) in [6.45, 7) is 0.748. The Morgan fingerprint density at radius 2 is 2.09 bits per heavy atom. The lowest BCUT2D eigenvalue weighted by Crippen LogP contribution is -2.35. The van der Waals surface area contributed by atoms with Gasteiger partial charge in [0.15, 0.2) is 5.76 Å². The van der Waals surface area contributed by atoms with E-state index in [1.165, 1.54) is 0 Å². The summed E-state index contributed by atoms with van der Waals surface area (Å²) >= 11 is 0. The quantitative estimate of drug-likeness (QED) is 0.869. The normalized spacial score (nSPS) is 20.0. The Morgan fingerprint density at radius 3 is 2.78 bits per heavy atom. The number of nitrogens with one attached hydrogen (secondary N) is 1. The van der Waals surface area contributed by atoms with Gasteiger partial charge in [0, 0.05) is 18.2 Å². The predicted molar refractivity (Wildman–Crippen MR) is 88.0 cm³/mol. The van der Waals surface area contributed by atoms with Gasteiger partial charge in [0.1, 0.15) is 11.8 Å². The minimum absolute atomic E-state index is 0. The number of carbonyl (C=O) groups excluding carboxylic acids is 1. The molecule has 0 saturated carbocycles. The highest BCUT2D eigenvalue weighted by Crippen LogP contribution is 2.20. The summed E-state index contributed by atoms with van der Waals surface area (Å²) in [6.07, 6.45) is 1.12. The van der Waals surface area contributed by atoms with Crippen molar-refractivity contribution in [3.05, 3.63) is 42.2 Å². The molecule has 2 aromatic rings. The van der Waals surface area contributed by atoms with E-state index in [0.29, 0.717) is 25.3 Å². The minimum Gasteiger partial charge on any atom is -0.364 e. The number of rotatable bonds is 5. The van der Waals surface area contributed by atoms with Crippen LogP contribution in [-0.4, -0.2) is 29.8 Å². The fourth-order valence-corrected chi connectivity index (χ4v) is 2.50. The molecule has 0 spiro atoms. The number of nitrogens with two attached hydrogens (primary N) is 1. The van der Waals surface area contributed by atoms with Crippen LogP contribution in [0.1, 0.15) is 18.6 Å². The van der Waals surface area contributed by atoms with Crippen molar-refractivity contribution in [1.29, 1.82) is 0 Å². The first-order chi connectivity index (χ1) is 10.8. The van der Waals surface area contributed by atoms with Crippen LogP contribution in [0.25, 0.3) is 11.3 Å². The Balaban J connectivity index is 0.00000192. The van der Waals surface area contributed by atoms with E-state index in [9.17, 15) is 4.79 Å². The van der Waals surface area contributed by atoms with Gasteiger partial charge in [-0.25, -0.2) is 0 Å². The number of hydrogen-bond acceptors (Lipinski definition) is 5. The van der Waals surface area contributed by atoms with Crippen molar-refractivity contribution in [1.82, 2.24) is 10.5 Å². The fourth-order valence-electron chi connectivity index (χ4n) is 2.50. The van der Waals surface area contributed by atoms with E-state index in [2.05, 4.69) is 10.5 Å². The van der Waals surface area contributed by atoms with E-state index >= 15 is 0 Å². The Kier molecular flexibility index (Phi) is 6.15. The van der Waals surface area contributed by atoms with Gasteiger partial charge in [-0.15, -0.1) is 12.4 Å². The molecule has 6 nitrogen and oxygen atoms in total. The zero-order valence-electron chi connectivity index (χ0n) is 12.6. The summed E-state index contributed by atoms with van der Waals surface area (Å²) in [7, 11) is 0. The summed E-state index contributed by atoms with van der Waals surface area (Å²) in [5.41, 5.74) is 7.27. The molecule has 0 radical (unpaired) electrons. The molecule has 1 aromatic heterocycles. The van der Waals surface area contributed by atoms with Gasteiger partial charge in [-0.1, -0.05) is 35.5 Å². The lowest BCUT2D eigenvalue weighted by atomic mass is 10.1. The number of halogens is 1. The molecule has 23 heavy (non-hydrogen) atoms. The van der Waals surface area contributed by atoms with Gasteiger partial charge in [0.05, 0.1) is 12.6 Å². The van der Waals surface area contributed by atoms with Gasteiger partial charge in [-0.2, -0.15) is 0 Å². The number of hydrogen-bond donors (Lipinski definition) is 2. The Hall–Kier alpha value is -1.89. The minimum atomic E-state index is -0.412. The van der Waals surface area contributed by atoms with Crippen molar-refractivity contribution in [2.75, 3.05) is 6.54 Å². The first-order valence-corrected chi connectivity index (χ1v) is 7.40. The van der Waals surface area contributed by atoms with Crippen LogP contribution in [0.4, 0.5) is 0 Å². The van der Waals surface area contributed by atoms with E-state index in [0.717, 1.165) is 17.7 Å². The smallest absolute Gasteiger partial charge is 0.249 e. The van der Waals surface area contributed by atoms with E-state index in [-0.39, 0.29) is 24.4 Å². The lowest BCUT2D eigenvalue weighted by Gasteiger charge is -2.11. The number of carbonyl (C=O) groups is 1. The van der Waals surface area contributed by atoms with Crippen molar-refractivity contribution in [3.8, 4) is 11.3 Å². The van der Waals surface area contributed by atoms with Crippen LogP contribution in [0.5, 0.6) is 0 Å². The van der Waals surface area contributed by atoms with Crippen LogP contribution in [0.3, 0.4) is 0 Å². The second kappa shape index (κ2) is 8.10. The molecule has 124 valence electrons. The average Bonchev–Trinajstić information content (AvgIpc) is 3.22. The molecule has 0 bridgehead atoms. The third-order valence-corrected chi connectivity index (χ3v) is 3.73. The van der Waals surface area contributed by atoms with Crippen LogP contribution in [-0.2, 0) is 16.1 Å². The number of benzene rings is 1. The second-order valence-electron chi connectivity index (χ2n) is 5.32. The molecular formula is C16H20ClN3O3. The third-order valence-electron chi connectivity index (χ3n) is 3.73. The number of aromatic nitrogens is 1. The Bertz CT molecular complexity index is 633.